The van der Waals surface area contributed by atoms with Crippen molar-refractivity contribution in [1.82, 2.24) is 14.8 Å². The van der Waals surface area contributed by atoms with Crippen LogP contribution in [0.4, 0.5) is 10.3 Å². The van der Waals surface area contributed by atoms with Crippen molar-refractivity contribution >= 4 is 11.9 Å². The zero-order valence-electron chi connectivity index (χ0n) is 13.6. The van der Waals surface area contributed by atoms with Gasteiger partial charge in [-0.1, -0.05) is 24.3 Å². The highest BCUT2D eigenvalue weighted by Gasteiger charge is 2.08. The Balaban J connectivity index is 1.56. The number of carbonyl (C=O) groups excluding carboxylic acids is 1. The van der Waals surface area contributed by atoms with Crippen molar-refractivity contribution in [2.75, 3.05) is 12.4 Å². The van der Waals surface area contributed by atoms with Gasteiger partial charge in [-0.15, -0.1) is 5.10 Å². The number of halogens is 1. The van der Waals surface area contributed by atoms with Gasteiger partial charge in [0.05, 0.1) is 20.1 Å². The lowest BCUT2D eigenvalue weighted by Crippen LogP contribution is -2.15. The second-order valence-electron chi connectivity index (χ2n) is 5.47. The van der Waals surface area contributed by atoms with Crippen LogP contribution in [0.25, 0.3) is 0 Å². The molecule has 0 atom stereocenters. The first-order valence-corrected chi connectivity index (χ1v) is 7.69. The monoisotopic (exact) mass is 340 g/mol. The first kappa shape index (κ1) is 16.6. The maximum absolute atomic E-state index is 12.9. The minimum atomic E-state index is -0.283. The minimum absolute atomic E-state index is 0.204. The van der Waals surface area contributed by atoms with E-state index in [-0.39, 0.29) is 24.1 Å². The zero-order chi connectivity index (χ0) is 17.6. The highest BCUT2D eigenvalue weighted by molar-refractivity contribution is 5.90. The van der Waals surface area contributed by atoms with E-state index in [1.807, 2.05) is 12.1 Å². The second kappa shape index (κ2) is 7.57. The molecule has 1 N–H and O–H groups in total. The Bertz CT molecular complexity index is 844. The Kier molecular flexibility index (Phi) is 5.03. The van der Waals surface area contributed by atoms with Gasteiger partial charge in [0.2, 0.25) is 11.9 Å². The van der Waals surface area contributed by atoms with Crippen LogP contribution in [-0.2, 0) is 17.8 Å². The van der Waals surface area contributed by atoms with Crippen molar-refractivity contribution in [2.24, 2.45) is 0 Å². The summed E-state index contributed by atoms with van der Waals surface area (Å²) >= 11 is 0. The number of ether oxygens (including phenoxy) is 1. The Morgan fingerprint density at radius 2 is 1.80 bits per heavy atom. The van der Waals surface area contributed by atoms with Gasteiger partial charge in [-0.25, -0.2) is 14.1 Å². The van der Waals surface area contributed by atoms with E-state index in [1.54, 1.807) is 36.1 Å². The number of amides is 1. The van der Waals surface area contributed by atoms with Crippen molar-refractivity contribution in [1.29, 1.82) is 0 Å². The van der Waals surface area contributed by atoms with Crippen LogP contribution in [0.1, 0.15) is 11.1 Å². The maximum atomic E-state index is 12.9. The van der Waals surface area contributed by atoms with Crippen LogP contribution in [0.15, 0.2) is 54.9 Å². The van der Waals surface area contributed by atoms with Gasteiger partial charge in [0.25, 0.3) is 0 Å². The van der Waals surface area contributed by atoms with Crippen molar-refractivity contribution < 1.29 is 13.9 Å². The summed E-state index contributed by atoms with van der Waals surface area (Å²) < 4.78 is 19.6. The van der Waals surface area contributed by atoms with Gasteiger partial charge in [-0.2, -0.15) is 0 Å². The van der Waals surface area contributed by atoms with Gasteiger partial charge in [-0.3, -0.25) is 10.1 Å². The molecule has 1 aromatic heterocycles. The predicted molar refractivity (Wildman–Crippen MR) is 90.9 cm³/mol. The molecule has 1 amide bonds. The molecule has 1 heterocycles. The predicted octanol–water partition coefficient (Wildman–Crippen LogP) is 2.66. The summed E-state index contributed by atoms with van der Waals surface area (Å²) in [6.07, 6.45) is 1.74. The molecular weight excluding hydrogens is 323 g/mol. The van der Waals surface area contributed by atoms with E-state index in [1.165, 1.54) is 18.5 Å². The summed E-state index contributed by atoms with van der Waals surface area (Å²) in [7, 11) is 1.59. The average Bonchev–Trinajstić information content (AvgIpc) is 3.04. The average molecular weight is 340 g/mol. The quantitative estimate of drug-likeness (QED) is 0.749. The fraction of sp³-hybridized carbons (Fsp3) is 0.167. The van der Waals surface area contributed by atoms with Crippen molar-refractivity contribution in [3.63, 3.8) is 0 Å². The fourth-order valence-corrected chi connectivity index (χ4v) is 2.30. The van der Waals surface area contributed by atoms with Crippen LogP contribution >= 0.6 is 0 Å². The number of nitrogens with zero attached hydrogens (tertiary/aromatic N) is 3. The number of benzene rings is 2. The third kappa shape index (κ3) is 4.63. The Morgan fingerprint density at radius 3 is 2.48 bits per heavy atom. The van der Waals surface area contributed by atoms with E-state index in [0.717, 1.165) is 16.9 Å². The number of nitrogens with one attached hydrogen (secondary N) is 1. The molecule has 128 valence electrons. The van der Waals surface area contributed by atoms with Crippen LogP contribution in [0.2, 0.25) is 0 Å². The molecule has 0 spiro atoms. The SMILES string of the molecule is COc1ccc(CC(=O)Nc2ncn(Cc3ccc(F)cc3)n2)cc1. The van der Waals surface area contributed by atoms with E-state index < -0.39 is 0 Å². The summed E-state index contributed by atoms with van der Waals surface area (Å²) in [6, 6.07) is 13.4. The molecule has 0 bridgehead atoms. The number of anilines is 1. The van der Waals surface area contributed by atoms with Crippen molar-refractivity contribution in [2.45, 2.75) is 13.0 Å². The van der Waals surface area contributed by atoms with Gasteiger partial charge in [0.15, 0.2) is 0 Å². The third-order valence-corrected chi connectivity index (χ3v) is 3.57. The molecule has 0 aliphatic carbocycles. The van der Waals surface area contributed by atoms with Gasteiger partial charge in [0, 0.05) is 0 Å². The third-order valence-electron chi connectivity index (χ3n) is 3.57. The minimum Gasteiger partial charge on any atom is -0.497 e. The lowest BCUT2D eigenvalue weighted by atomic mass is 10.1. The Hall–Kier alpha value is -3.22. The number of rotatable bonds is 6. The summed E-state index contributed by atoms with van der Waals surface area (Å²) in [4.78, 5) is 16.1. The summed E-state index contributed by atoms with van der Waals surface area (Å²) in [5, 5.41) is 6.86. The first-order valence-electron chi connectivity index (χ1n) is 7.69. The molecule has 6 nitrogen and oxygen atoms in total. The first-order chi connectivity index (χ1) is 12.1. The molecule has 0 unspecified atom stereocenters. The second-order valence-corrected chi connectivity index (χ2v) is 5.47. The number of hydrogen-bond donors (Lipinski definition) is 1. The zero-order valence-corrected chi connectivity index (χ0v) is 13.6. The smallest absolute Gasteiger partial charge is 0.248 e. The van der Waals surface area contributed by atoms with Gasteiger partial charge >= 0.3 is 0 Å². The van der Waals surface area contributed by atoms with E-state index in [9.17, 15) is 9.18 Å². The van der Waals surface area contributed by atoms with Crippen LogP contribution in [-0.4, -0.2) is 27.8 Å². The van der Waals surface area contributed by atoms with Crippen LogP contribution in [0.5, 0.6) is 5.75 Å². The number of hydrogen-bond acceptors (Lipinski definition) is 4. The molecule has 0 radical (unpaired) electrons. The molecule has 25 heavy (non-hydrogen) atoms. The van der Waals surface area contributed by atoms with E-state index >= 15 is 0 Å². The van der Waals surface area contributed by atoms with E-state index in [4.69, 9.17) is 4.74 Å². The van der Waals surface area contributed by atoms with Crippen molar-refractivity contribution in [3.8, 4) is 5.75 Å². The molecule has 0 aliphatic rings. The lowest BCUT2D eigenvalue weighted by Gasteiger charge is -2.03. The van der Waals surface area contributed by atoms with Gasteiger partial charge in [-0.05, 0) is 35.4 Å². The largest absolute Gasteiger partial charge is 0.497 e. The lowest BCUT2D eigenvalue weighted by molar-refractivity contribution is -0.115. The Morgan fingerprint density at radius 1 is 1.12 bits per heavy atom. The molecule has 0 saturated carbocycles. The molecular formula is C18H17FN4O2. The van der Waals surface area contributed by atoms with Gasteiger partial charge < -0.3 is 4.74 Å². The van der Waals surface area contributed by atoms with Crippen LogP contribution in [0, 0.1) is 5.82 Å². The molecule has 0 saturated heterocycles. The fourth-order valence-electron chi connectivity index (χ4n) is 2.30. The molecule has 3 rings (SSSR count). The van der Waals surface area contributed by atoms with E-state index in [2.05, 4.69) is 15.4 Å². The normalized spacial score (nSPS) is 10.5. The number of methoxy groups -OCH3 is 1. The molecule has 0 fully saturated rings. The van der Waals surface area contributed by atoms with E-state index in [0.29, 0.717) is 6.54 Å². The Labute approximate surface area is 144 Å². The molecule has 2 aromatic carbocycles. The standard InChI is InChI=1S/C18H17FN4O2/c1-25-16-8-4-13(5-9-16)10-17(24)21-18-20-12-23(22-18)11-14-2-6-15(19)7-3-14/h2-9,12H,10-11H2,1H3,(H,21,22,24). The van der Waals surface area contributed by atoms with Crippen molar-refractivity contribution in [3.05, 3.63) is 71.8 Å². The molecule has 7 heteroatoms. The summed E-state index contributed by atoms with van der Waals surface area (Å²) in [5.74, 6) is 0.490. The highest BCUT2D eigenvalue weighted by atomic mass is 19.1. The summed E-state index contributed by atoms with van der Waals surface area (Å²) in [6.45, 7) is 0.446. The number of aromatic nitrogens is 3. The summed E-state index contributed by atoms with van der Waals surface area (Å²) in [5.41, 5.74) is 1.76. The van der Waals surface area contributed by atoms with Gasteiger partial charge in [0.1, 0.15) is 17.9 Å². The number of carbonyl (C=O) groups is 1. The van der Waals surface area contributed by atoms with Crippen LogP contribution < -0.4 is 10.1 Å². The topological polar surface area (TPSA) is 69.0 Å². The molecule has 0 aliphatic heterocycles. The molecule has 3 aromatic rings. The van der Waals surface area contributed by atoms with Crippen LogP contribution in [0.3, 0.4) is 0 Å². The maximum Gasteiger partial charge on any atom is 0.248 e. The highest BCUT2D eigenvalue weighted by Crippen LogP contribution is 2.12.